The monoisotopic (exact) mass is 194 g/mol. The maximum atomic E-state index is 9.54. The summed E-state index contributed by atoms with van der Waals surface area (Å²) in [5.41, 5.74) is 0.796. The first-order valence-electron chi connectivity index (χ1n) is 4.85. The highest BCUT2D eigenvalue weighted by Crippen LogP contribution is 2.36. The van der Waals surface area contributed by atoms with Crippen molar-refractivity contribution in [3.8, 4) is 11.5 Å². The number of aliphatic hydroxyl groups excluding tert-OH is 1. The van der Waals surface area contributed by atoms with Crippen LogP contribution in [0.4, 0.5) is 0 Å². The van der Waals surface area contributed by atoms with Crippen molar-refractivity contribution in [2.45, 2.75) is 19.4 Å². The van der Waals surface area contributed by atoms with Crippen LogP contribution >= 0.6 is 0 Å². The van der Waals surface area contributed by atoms with Crippen LogP contribution in [0.25, 0.3) is 0 Å². The third-order valence-corrected chi connectivity index (χ3v) is 2.25. The van der Waals surface area contributed by atoms with E-state index in [0.717, 1.165) is 17.7 Å². The lowest BCUT2D eigenvalue weighted by Crippen LogP contribution is -2.00. The Morgan fingerprint density at radius 2 is 2.07 bits per heavy atom. The lowest BCUT2D eigenvalue weighted by Gasteiger charge is -2.13. The molecule has 3 nitrogen and oxygen atoms in total. The van der Waals surface area contributed by atoms with Crippen LogP contribution in [0.2, 0.25) is 0 Å². The van der Waals surface area contributed by atoms with Crippen LogP contribution < -0.4 is 9.47 Å². The van der Waals surface area contributed by atoms with Crippen LogP contribution in [0, 0.1) is 0 Å². The normalized spacial score (nSPS) is 17.3. The Labute approximate surface area is 83.3 Å². The number of rotatable bonds is 1. The second-order valence-electron chi connectivity index (χ2n) is 3.40. The first kappa shape index (κ1) is 9.34. The maximum absolute atomic E-state index is 9.54. The SMILES string of the molecule is CC(O)c1cccc2c1OCCCO2. The second-order valence-corrected chi connectivity index (χ2v) is 3.40. The lowest BCUT2D eigenvalue weighted by molar-refractivity contribution is 0.191. The number of para-hydroxylation sites is 1. The standard InChI is InChI=1S/C11H14O3/c1-8(12)9-4-2-5-10-11(9)14-7-3-6-13-10/h2,4-5,8,12H,3,6-7H2,1H3. The molecule has 3 heteroatoms. The van der Waals surface area contributed by atoms with Gasteiger partial charge in [-0.05, 0) is 13.0 Å². The minimum atomic E-state index is -0.522. The van der Waals surface area contributed by atoms with E-state index in [9.17, 15) is 5.11 Å². The molecule has 0 spiro atoms. The van der Waals surface area contributed by atoms with Gasteiger partial charge in [0.25, 0.3) is 0 Å². The van der Waals surface area contributed by atoms with Gasteiger partial charge in [0.05, 0.1) is 19.3 Å². The summed E-state index contributed by atoms with van der Waals surface area (Å²) in [5, 5.41) is 9.54. The average molecular weight is 194 g/mol. The Bertz CT molecular complexity index is 320. The molecule has 76 valence electrons. The second kappa shape index (κ2) is 3.88. The summed E-state index contributed by atoms with van der Waals surface area (Å²) in [4.78, 5) is 0. The molecule has 0 radical (unpaired) electrons. The quantitative estimate of drug-likeness (QED) is 0.742. The van der Waals surface area contributed by atoms with Gasteiger partial charge < -0.3 is 14.6 Å². The van der Waals surface area contributed by atoms with Crippen LogP contribution in [-0.4, -0.2) is 18.3 Å². The highest BCUT2D eigenvalue weighted by atomic mass is 16.5. The summed E-state index contributed by atoms with van der Waals surface area (Å²) < 4.78 is 11.1. The van der Waals surface area contributed by atoms with Crippen molar-refractivity contribution in [1.82, 2.24) is 0 Å². The maximum Gasteiger partial charge on any atom is 0.166 e. The molecule has 0 fully saturated rings. The van der Waals surface area contributed by atoms with Crippen molar-refractivity contribution in [2.75, 3.05) is 13.2 Å². The molecule has 0 saturated carbocycles. The van der Waals surface area contributed by atoms with Gasteiger partial charge in [-0.1, -0.05) is 12.1 Å². The smallest absolute Gasteiger partial charge is 0.166 e. The molecule has 14 heavy (non-hydrogen) atoms. The summed E-state index contributed by atoms with van der Waals surface area (Å²) in [6.07, 6.45) is 0.361. The number of benzene rings is 1. The van der Waals surface area contributed by atoms with Gasteiger partial charge in [-0.15, -0.1) is 0 Å². The summed E-state index contributed by atoms with van der Waals surface area (Å²) in [6, 6.07) is 5.60. The fourth-order valence-electron chi connectivity index (χ4n) is 1.55. The van der Waals surface area contributed by atoms with Crippen LogP contribution in [0.1, 0.15) is 25.0 Å². The first-order valence-corrected chi connectivity index (χ1v) is 4.85. The zero-order valence-corrected chi connectivity index (χ0v) is 8.19. The predicted octanol–water partition coefficient (Wildman–Crippen LogP) is 1.90. The number of hydrogen-bond acceptors (Lipinski definition) is 3. The van der Waals surface area contributed by atoms with E-state index in [1.807, 2.05) is 18.2 Å². The van der Waals surface area contributed by atoms with Gasteiger partial charge >= 0.3 is 0 Å². The highest BCUT2D eigenvalue weighted by Gasteiger charge is 2.16. The van der Waals surface area contributed by atoms with E-state index < -0.39 is 6.10 Å². The number of aliphatic hydroxyl groups is 1. The van der Waals surface area contributed by atoms with Crippen LogP contribution in [0.3, 0.4) is 0 Å². The number of ether oxygens (including phenoxy) is 2. The van der Waals surface area contributed by atoms with E-state index >= 15 is 0 Å². The van der Waals surface area contributed by atoms with Crippen molar-refractivity contribution < 1.29 is 14.6 Å². The van der Waals surface area contributed by atoms with Crippen LogP contribution in [0.5, 0.6) is 11.5 Å². The number of fused-ring (bicyclic) bond motifs is 1. The molecule has 1 aromatic carbocycles. The fraction of sp³-hybridized carbons (Fsp3) is 0.455. The van der Waals surface area contributed by atoms with E-state index in [0.29, 0.717) is 19.0 Å². The van der Waals surface area contributed by atoms with Gasteiger partial charge in [0.1, 0.15) is 0 Å². The van der Waals surface area contributed by atoms with Crippen LogP contribution in [0.15, 0.2) is 18.2 Å². The highest BCUT2D eigenvalue weighted by molar-refractivity contribution is 5.47. The van der Waals surface area contributed by atoms with Gasteiger partial charge in [-0.25, -0.2) is 0 Å². The van der Waals surface area contributed by atoms with E-state index in [2.05, 4.69) is 0 Å². The Balaban J connectivity index is 2.42. The van der Waals surface area contributed by atoms with Gasteiger partial charge in [0.15, 0.2) is 11.5 Å². The van der Waals surface area contributed by atoms with Gasteiger partial charge in [-0.2, -0.15) is 0 Å². The molecule has 0 bridgehead atoms. The Kier molecular flexibility index (Phi) is 2.59. The summed E-state index contributed by atoms with van der Waals surface area (Å²) in [6.45, 7) is 3.05. The van der Waals surface area contributed by atoms with Crippen molar-refractivity contribution in [2.24, 2.45) is 0 Å². The molecule has 1 aromatic rings. The molecular weight excluding hydrogens is 180 g/mol. The van der Waals surface area contributed by atoms with E-state index in [1.165, 1.54) is 0 Å². The van der Waals surface area contributed by atoms with Gasteiger partial charge in [-0.3, -0.25) is 0 Å². The van der Waals surface area contributed by atoms with Crippen molar-refractivity contribution >= 4 is 0 Å². The third kappa shape index (κ3) is 1.68. The summed E-state index contributed by atoms with van der Waals surface area (Å²) >= 11 is 0. The molecule has 1 aliphatic heterocycles. The Hall–Kier alpha value is -1.22. The van der Waals surface area contributed by atoms with E-state index in [1.54, 1.807) is 6.92 Å². The topological polar surface area (TPSA) is 38.7 Å². The average Bonchev–Trinajstić information content (AvgIpc) is 2.41. The molecule has 1 N–H and O–H groups in total. The Morgan fingerprint density at radius 1 is 1.29 bits per heavy atom. The molecule has 1 heterocycles. The summed E-state index contributed by atoms with van der Waals surface area (Å²) in [5.74, 6) is 1.43. The molecular formula is C11H14O3. The molecule has 0 amide bonds. The van der Waals surface area contributed by atoms with Crippen molar-refractivity contribution in [1.29, 1.82) is 0 Å². The van der Waals surface area contributed by atoms with Gasteiger partial charge in [0.2, 0.25) is 0 Å². The molecule has 2 rings (SSSR count). The van der Waals surface area contributed by atoms with Crippen molar-refractivity contribution in [3.05, 3.63) is 23.8 Å². The minimum absolute atomic E-state index is 0.522. The van der Waals surface area contributed by atoms with Crippen LogP contribution in [-0.2, 0) is 0 Å². The van der Waals surface area contributed by atoms with E-state index in [4.69, 9.17) is 9.47 Å². The molecule has 0 aliphatic carbocycles. The zero-order valence-electron chi connectivity index (χ0n) is 8.19. The minimum Gasteiger partial charge on any atom is -0.490 e. The third-order valence-electron chi connectivity index (χ3n) is 2.25. The molecule has 0 aromatic heterocycles. The molecule has 1 atom stereocenters. The molecule has 1 aliphatic rings. The lowest BCUT2D eigenvalue weighted by atomic mass is 10.1. The summed E-state index contributed by atoms with van der Waals surface area (Å²) in [7, 11) is 0. The first-order chi connectivity index (χ1) is 6.79. The molecule has 0 saturated heterocycles. The van der Waals surface area contributed by atoms with Gasteiger partial charge in [0, 0.05) is 12.0 Å². The largest absolute Gasteiger partial charge is 0.490 e. The van der Waals surface area contributed by atoms with Crippen molar-refractivity contribution in [3.63, 3.8) is 0 Å². The van der Waals surface area contributed by atoms with E-state index in [-0.39, 0.29) is 0 Å². The Morgan fingerprint density at radius 3 is 2.86 bits per heavy atom. The fourth-order valence-corrected chi connectivity index (χ4v) is 1.55. The predicted molar refractivity (Wildman–Crippen MR) is 52.7 cm³/mol. The number of hydrogen-bond donors (Lipinski definition) is 1. The zero-order chi connectivity index (χ0) is 9.97. The molecule has 1 unspecified atom stereocenters.